The van der Waals surface area contributed by atoms with Gasteiger partial charge in [0.15, 0.2) is 17.3 Å². The summed E-state index contributed by atoms with van der Waals surface area (Å²) in [5.74, 6) is -1.29. The van der Waals surface area contributed by atoms with Gasteiger partial charge in [-0.3, -0.25) is 14.4 Å². The summed E-state index contributed by atoms with van der Waals surface area (Å²) in [6.07, 6.45) is 3.83. The lowest BCUT2D eigenvalue weighted by Crippen LogP contribution is -2.48. The molecule has 7 rings (SSSR count). The number of carbonyl (C=O) groups is 3. The summed E-state index contributed by atoms with van der Waals surface area (Å²) in [7, 11) is 0. The van der Waals surface area contributed by atoms with E-state index in [9.17, 15) is 14.4 Å². The first-order chi connectivity index (χ1) is 18.4. The number of hydrogen-bond donors (Lipinski definition) is 0. The Bertz CT molecular complexity index is 1640. The molecule has 2 aliphatic heterocycles. The van der Waals surface area contributed by atoms with Crippen molar-refractivity contribution in [1.29, 1.82) is 0 Å². The normalized spacial score (nSPS) is 22.5. The third-order valence-electron chi connectivity index (χ3n) is 8.03. The standard InChI is InChI=1S/C31H19BrClNO3S/c32-19-10-7-17(8-11-19)26-27(28(35)24-6-3-15-38-24)34-23-13-12-20(33)16-18(23)9-14-25(34)31(26)29(36)21-4-1-2-5-22(21)30(31)37/h1-16,25-27H/t25-,26-,27+/m0/s1. The molecule has 0 N–H and O–H groups in total. The second-order valence-electron chi connectivity index (χ2n) is 9.80. The van der Waals surface area contributed by atoms with Gasteiger partial charge in [-0.2, -0.15) is 0 Å². The van der Waals surface area contributed by atoms with Crippen LogP contribution in [-0.2, 0) is 0 Å². The molecule has 0 saturated carbocycles. The highest BCUT2D eigenvalue weighted by Crippen LogP contribution is 2.61. The number of Topliss-reactive ketones (excluding diaryl/α,β-unsaturated/α-hetero) is 3. The Morgan fingerprint density at radius 2 is 1.63 bits per heavy atom. The van der Waals surface area contributed by atoms with E-state index in [0.717, 1.165) is 21.3 Å². The summed E-state index contributed by atoms with van der Waals surface area (Å²) in [5.41, 5.74) is 1.74. The smallest absolute Gasteiger partial charge is 0.195 e. The molecule has 1 saturated heterocycles. The lowest BCUT2D eigenvalue weighted by atomic mass is 9.64. The molecule has 1 aliphatic carbocycles. The monoisotopic (exact) mass is 599 g/mol. The van der Waals surface area contributed by atoms with Crippen LogP contribution in [0.5, 0.6) is 0 Å². The zero-order valence-electron chi connectivity index (χ0n) is 19.8. The van der Waals surface area contributed by atoms with Gasteiger partial charge in [-0.25, -0.2) is 0 Å². The second-order valence-corrected chi connectivity index (χ2v) is 12.1. The first-order valence-electron chi connectivity index (χ1n) is 12.2. The third kappa shape index (κ3) is 3.11. The van der Waals surface area contributed by atoms with Gasteiger partial charge in [-0.1, -0.05) is 82.1 Å². The molecule has 4 aromatic rings. The largest absolute Gasteiger partial charge is 0.352 e. The Balaban J connectivity index is 1.56. The Hall–Kier alpha value is -3.32. The van der Waals surface area contributed by atoms with E-state index in [0.29, 0.717) is 21.0 Å². The zero-order chi connectivity index (χ0) is 26.2. The first-order valence-corrected chi connectivity index (χ1v) is 14.3. The van der Waals surface area contributed by atoms with Gasteiger partial charge in [0.2, 0.25) is 0 Å². The Kier molecular flexibility index (Phi) is 5.38. The molecule has 0 radical (unpaired) electrons. The number of fused-ring (bicyclic) bond motifs is 5. The van der Waals surface area contributed by atoms with E-state index in [-0.39, 0.29) is 17.3 Å². The fourth-order valence-corrected chi connectivity index (χ4v) is 7.70. The highest BCUT2D eigenvalue weighted by atomic mass is 79.9. The summed E-state index contributed by atoms with van der Waals surface area (Å²) in [5, 5.41) is 2.45. The SMILES string of the molecule is O=C(c1cccs1)[C@H]1[C@H](c2ccc(Br)cc2)C2(C(=O)c3ccccc3C2=O)[C@@H]2C=Cc3cc(Cl)ccc3N21. The Morgan fingerprint density at radius 1 is 0.921 bits per heavy atom. The maximum atomic E-state index is 14.5. The summed E-state index contributed by atoms with van der Waals surface area (Å²) in [6.45, 7) is 0. The first kappa shape index (κ1) is 23.8. The van der Waals surface area contributed by atoms with Crippen molar-refractivity contribution in [2.75, 3.05) is 4.90 Å². The van der Waals surface area contributed by atoms with Crippen LogP contribution in [-0.4, -0.2) is 29.4 Å². The number of halogens is 2. The number of thiophene rings is 1. The van der Waals surface area contributed by atoms with Gasteiger partial charge >= 0.3 is 0 Å². The molecule has 186 valence electrons. The quantitative estimate of drug-likeness (QED) is 0.181. The summed E-state index contributed by atoms with van der Waals surface area (Å²) in [6, 6.07) is 22.4. The van der Waals surface area contributed by atoms with E-state index in [4.69, 9.17) is 11.6 Å². The number of carbonyl (C=O) groups excluding carboxylic acids is 3. The van der Waals surface area contributed by atoms with Gasteiger partial charge in [-0.15, -0.1) is 11.3 Å². The number of nitrogens with zero attached hydrogens (tertiary/aromatic N) is 1. The van der Waals surface area contributed by atoms with Crippen LogP contribution >= 0.6 is 38.9 Å². The van der Waals surface area contributed by atoms with Crippen molar-refractivity contribution in [3.05, 3.63) is 127 Å². The minimum absolute atomic E-state index is 0.109. The van der Waals surface area contributed by atoms with Crippen molar-refractivity contribution >= 4 is 68.0 Å². The molecule has 0 bridgehead atoms. The Morgan fingerprint density at radius 3 is 2.29 bits per heavy atom. The van der Waals surface area contributed by atoms with E-state index in [1.54, 1.807) is 36.4 Å². The lowest BCUT2D eigenvalue weighted by Gasteiger charge is -2.37. The minimum atomic E-state index is -1.50. The predicted molar refractivity (Wildman–Crippen MR) is 154 cm³/mol. The number of ketones is 3. The lowest BCUT2D eigenvalue weighted by molar-refractivity contribution is 0.0666. The fraction of sp³-hybridized carbons (Fsp3) is 0.129. The molecule has 3 aliphatic rings. The van der Waals surface area contributed by atoms with Crippen molar-refractivity contribution in [3.63, 3.8) is 0 Å². The summed E-state index contributed by atoms with van der Waals surface area (Å²) in [4.78, 5) is 46.1. The van der Waals surface area contributed by atoms with Crippen LogP contribution in [0.15, 0.2) is 94.8 Å². The van der Waals surface area contributed by atoms with Gasteiger partial charge in [0, 0.05) is 32.2 Å². The molecule has 38 heavy (non-hydrogen) atoms. The molecule has 1 fully saturated rings. The molecule has 0 amide bonds. The molecule has 0 unspecified atom stereocenters. The molecule has 3 atom stereocenters. The number of benzene rings is 3. The van der Waals surface area contributed by atoms with Gasteiger partial charge in [0.25, 0.3) is 0 Å². The minimum Gasteiger partial charge on any atom is -0.352 e. The predicted octanol–water partition coefficient (Wildman–Crippen LogP) is 7.48. The van der Waals surface area contributed by atoms with Crippen molar-refractivity contribution in [3.8, 4) is 0 Å². The molecular weight excluding hydrogens is 582 g/mol. The van der Waals surface area contributed by atoms with Crippen molar-refractivity contribution in [2.24, 2.45) is 5.41 Å². The third-order valence-corrected chi connectivity index (χ3v) is 9.68. The Labute approximate surface area is 236 Å². The average molecular weight is 601 g/mol. The summed E-state index contributed by atoms with van der Waals surface area (Å²) < 4.78 is 0.874. The fourth-order valence-electron chi connectivity index (χ4n) is 6.56. The van der Waals surface area contributed by atoms with Gasteiger partial charge in [-0.05, 0) is 52.9 Å². The number of hydrogen-bond acceptors (Lipinski definition) is 5. The number of anilines is 1. The maximum Gasteiger partial charge on any atom is 0.195 e. The highest BCUT2D eigenvalue weighted by molar-refractivity contribution is 9.10. The second kappa shape index (κ2) is 8.60. The van der Waals surface area contributed by atoms with Gasteiger partial charge in [0.1, 0.15) is 11.5 Å². The van der Waals surface area contributed by atoms with Gasteiger partial charge < -0.3 is 4.90 Å². The van der Waals surface area contributed by atoms with Crippen molar-refractivity contribution < 1.29 is 14.4 Å². The molecule has 4 nitrogen and oxygen atoms in total. The van der Waals surface area contributed by atoms with E-state index in [1.807, 2.05) is 64.9 Å². The van der Waals surface area contributed by atoms with Gasteiger partial charge in [0.05, 0.1) is 10.9 Å². The van der Waals surface area contributed by atoms with Crippen LogP contribution in [0.2, 0.25) is 5.02 Å². The van der Waals surface area contributed by atoms with Crippen LogP contribution < -0.4 is 4.90 Å². The molecule has 3 heterocycles. The summed E-state index contributed by atoms with van der Waals surface area (Å²) >= 11 is 11.2. The van der Waals surface area contributed by atoms with E-state index < -0.39 is 23.4 Å². The van der Waals surface area contributed by atoms with E-state index in [2.05, 4.69) is 15.9 Å². The highest BCUT2D eigenvalue weighted by Gasteiger charge is 2.71. The topological polar surface area (TPSA) is 54.5 Å². The van der Waals surface area contributed by atoms with E-state index >= 15 is 0 Å². The van der Waals surface area contributed by atoms with Crippen LogP contribution in [0.1, 0.15) is 47.4 Å². The number of rotatable bonds is 3. The van der Waals surface area contributed by atoms with Crippen LogP contribution in [0.25, 0.3) is 6.08 Å². The maximum absolute atomic E-state index is 14.5. The zero-order valence-corrected chi connectivity index (χ0v) is 23.0. The van der Waals surface area contributed by atoms with Crippen LogP contribution in [0, 0.1) is 5.41 Å². The average Bonchev–Trinajstić information content (AvgIpc) is 3.62. The van der Waals surface area contributed by atoms with Crippen molar-refractivity contribution in [1.82, 2.24) is 0 Å². The molecule has 1 spiro atoms. The molecule has 3 aromatic carbocycles. The van der Waals surface area contributed by atoms with E-state index in [1.165, 1.54) is 11.3 Å². The molecular formula is C31H19BrClNO3S. The van der Waals surface area contributed by atoms with Crippen molar-refractivity contribution in [2.45, 2.75) is 18.0 Å². The molecule has 7 heteroatoms. The molecule has 1 aromatic heterocycles. The van der Waals surface area contributed by atoms with Crippen LogP contribution in [0.3, 0.4) is 0 Å². The van der Waals surface area contributed by atoms with Crippen LogP contribution in [0.4, 0.5) is 5.69 Å².